The third-order valence-electron chi connectivity index (χ3n) is 5.44. The first kappa shape index (κ1) is 18.8. The van der Waals surface area contributed by atoms with Gasteiger partial charge in [-0.3, -0.25) is 4.79 Å². The third-order valence-corrected chi connectivity index (χ3v) is 6.03. The van der Waals surface area contributed by atoms with Crippen molar-refractivity contribution in [2.45, 2.75) is 38.1 Å². The molecule has 7 nitrogen and oxygen atoms in total. The maximum atomic E-state index is 14.1. The van der Waals surface area contributed by atoms with Crippen molar-refractivity contribution in [3.8, 4) is 11.1 Å². The van der Waals surface area contributed by atoms with Crippen molar-refractivity contribution in [3.05, 3.63) is 59.0 Å². The minimum atomic E-state index is -0.359. The van der Waals surface area contributed by atoms with Crippen molar-refractivity contribution < 1.29 is 9.18 Å². The zero-order valence-electron chi connectivity index (χ0n) is 16.1. The number of imidazole rings is 1. The van der Waals surface area contributed by atoms with Gasteiger partial charge in [-0.05, 0) is 53.7 Å². The molecular formula is C21H19FN6OS. The van der Waals surface area contributed by atoms with E-state index in [0.29, 0.717) is 22.6 Å². The van der Waals surface area contributed by atoms with Gasteiger partial charge >= 0.3 is 0 Å². The minimum Gasteiger partial charge on any atom is -0.347 e. The van der Waals surface area contributed by atoms with Crippen molar-refractivity contribution in [3.63, 3.8) is 0 Å². The van der Waals surface area contributed by atoms with Crippen molar-refractivity contribution in [2.75, 3.05) is 0 Å². The summed E-state index contributed by atoms with van der Waals surface area (Å²) in [5, 5.41) is 4.69. The van der Waals surface area contributed by atoms with Crippen molar-refractivity contribution in [1.82, 2.24) is 29.6 Å². The Bertz CT molecular complexity index is 1200. The molecule has 4 aromatic rings. The molecule has 1 fully saturated rings. The van der Waals surface area contributed by atoms with E-state index in [9.17, 15) is 9.18 Å². The molecule has 0 unspecified atom stereocenters. The summed E-state index contributed by atoms with van der Waals surface area (Å²) in [6.45, 7) is 0.177. The number of halogens is 1. The van der Waals surface area contributed by atoms with Gasteiger partial charge in [-0.2, -0.15) is 0 Å². The fraction of sp³-hybridized carbons (Fsp3) is 0.286. The zero-order chi connectivity index (χ0) is 20.5. The summed E-state index contributed by atoms with van der Waals surface area (Å²) in [7, 11) is 0. The lowest BCUT2D eigenvalue weighted by Gasteiger charge is -2.08. The van der Waals surface area contributed by atoms with Crippen molar-refractivity contribution in [2.24, 2.45) is 0 Å². The molecule has 5 rings (SSSR count). The number of hydrogen-bond acceptors (Lipinski definition) is 6. The highest BCUT2D eigenvalue weighted by molar-refractivity contribution is 7.03. The summed E-state index contributed by atoms with van der Waals surface area (Å²) in [4.78, 5) is 29.0. The number of benzene rings is 1. The number of hydrogen-bond donors (Lipinski definition) is 2. The molecule has 3 heterocycles. The van der Waals surface area contributed by atoms with Gasteiger partial charge in [0.15, 0.2) is 11.3 Å². The van der Waals surface area contributed by atoms with Gasteiger partial charge < -0.3 is 10.3 Å². The van der Waals surface area contributed by atoms with E-state index in [0.717, 1.165) is 29.8 Å². The van der Waals surface area contributed by atoms with Crippen LogP contribution in [0.4, 0.5) is 4.39 Å². The first-order valence-corrected chi connectivity index (χ1v) is 10.7. The van der Waals surface area contributed by atoms with Gasteiger partial charge in [0.25, 0.3) is 5.91 Å². The fourth-order valence-corrected chi connectivity index (χ4v) is 4.49. The first-order chi connectivity index (χ1) is 14.7. The first-order valence-electron chi connectivity index (χ1n) is 9.85. The highest BCUT2D eigenvalue weighted by Gasteiger charge is 2.23. The molecule has 2 N–H and O–H groups in total. The number of aromatic nitrogens is 5. The Morgan fingerprint density at radius 1 is 1.20 bits per heavy atom. The lowest BCUT2D eigenvalue weighted by Crippen LogP contribution is -2.24. The molecule has 0 saturated heterocycles. The number of H-pyrrole nitrogens is 1. The molecule has 30 heavy (non-hydrogen) atoms. The van der Waals surface area contributed by atoms with Crippen LogP contribution in [0.2, 0.25) is 0 Å². The van der Waals surface area contributed by atoms with Crippen LogP contribution in [0.25, 0.3) is 22.3 Å². The Hall–Kier alpha value is -3.20. The average molecular weight is 422 g/mol. The smallest absolute Gasteiger partial charge is 0.272 e. The molecular weight excluding hydrogens is 403 g/mol. The third kappa shape index (κ3) is 3.68. The van der Waals surface area contributed by atoms with Crippen LogP contribution >= 0.6 is 11.5 Å². The van der Waals surface area contributed by atoms with Gasteiger partial charge in [0.1, 0.15) is 23.5 Å². The van der Waals surface area contributed by atoms with Crippen LogP contribution in [0, 0.1) is 5.82 Å². The monoisotopic (exact) mass is 422 g/mol. The van der Waals surface area contributed by atoms with Gasteiger partial charge in [-0.15, -0.1) is 0 Å². The molecule has 0 bridgehead atoms. The predicted molar refractivity (Wildman–Crippen MR) is 112 cm³/mol. The second-order valence-electron chi connectivity index (χ2n) is 7.47. The van der Waals surface area contributed by atoms with E-state index < -0.39 is 0 Å². The molecule has 0 spiro atoms. The molecule has 9 heteroatoms. The number of carbonyl (C=O) groups is 1. The zero-order valence-corrected chi connectivity index (χ0v) is 16.9. The summed E-state index contributed by atoms with van der Waals surface area (Å²) in [5.74, 6) is 0.540. The normalized spacial score (nSPS) is 14.4. The van der Waals surface area contributed by atoms with E-state index in [1.54, 1.807) is 6.20 Å². The van der Waals surface area contributed by atoms with E-state index in [2.05, 4.69) is 29.6 Å². The summed E-state index contributed by atoms with van der Waals surface area (Å²) in [6, 6.07) is 4.71. The second-order valence-corrected chi connectivity index (χ2v) is 8.13. The van der Waals surface area contributed by atoms with Gasteiger partial charge in [0.2, 0.25) is 0 Å². The quantitative estimate of drug-likeness (QED) is 0.502. The average Bonchev–Trinajstić information content (AvgIpc) is 3.51. The molecule has 152 valence electrons. The van der Waals surface area contributed by atoms with Crippen molar-refractivity contribution in [1.29, 1.82) is 0 Å². The Kier molecular flexibility index (Phi) is 4.96. The Morgan fingerprint density at radius 3 is 2.87 bits per heavy atom. The topological polar surface area (TPSA) is 96.5 Å². The van der Waals surface area contributed by atoms with Gasteiger partial charge in [-0.25, -0.2) is 23.7 Å². The van der Waals surface area contributed by atoms with Gasteiger partial charge in [-0.1, -0.05) is 12.8 Å². The second kappa shape index (κ2) is 7.91. The molecule has 1 aromatic carbocycles. The largest absolute Gasteiger partial charge is 0.347 e. The standard InChI is InChI=1S/C21H19FN6OS/c22-16-6-12(5-14(7-16)15-9-26-30-10-15)8-23-21(29)18-17-20(25-11-24-18)28-19(27-17)13-3-1-2-4-13/h5-7,9-11,13H,1-4,8H2,(H,23,29)(H,24,25,27,28). The molecule has 1 saturated carbocycles. The van der Waals surface area contributed by atoms with E-state index in [4.69, 9.17) is 0 Å². The minimum absolute atomic E-state index is 0.177. The number of amides is 1. The Balaban J connectivity index is 1.36. The lowest BCUT2D eigenvalue weighted by molar-refractivity contribution is 0.0947. The number of fused-ring (bicyclic) bond motifs is 1. The van der Waals surface area contributed by atoms with Crippen LogP contribution in [0.5, 0.6) is 0 Å². The highest BCUT2D eigenvalue weighted by Crippen LogP contribution is 2.33. The van der Waals surface area contributed by atoms with Crippen LogP contribution in [0.15, 0.2) is 36.1 Å². The van der Waals surface area contributed by atoms with E-state index in [1.807, 2.05) is 11.4 Å². The maximum Gasteiger partial charge on any atom is 0.272 e. The summed E-state index contributed by atoms with van der Waals surface area (Å²) in [5.41, 5.74) is 3.52. The number of carbonyl (C=O) groups excluding carboxylic acids is 1. The summed E-state index contributed by atoms with van der Waals surface area (Å²) in [6.07, 6.45) is 7.61. The Labute approximate surface area is 176 Å². The fourth-order valence-electron chi connectivity index (χ4n) is 3.94. The lowest BCUT2D eigenvalue weighted by atomic mass is 10.1. The number of rotatable bonds is 5. The van der Waals surface area contributed by atoms with Crippen LogP contribution in [-0.4, -0.2) is 30.2 Å². The van der Waals surface area contributed by atoms with E-state index >= 15 is 0 Å². The Morgan fingerprint density at radius 2 is 2.07 bits per heavy atom. The van der Waals surface area contributed by atoms with Crippen LogP contribution in [0.3, 0.4) is 0 Å². The predicted octanol–water partition coefficient (Wildman–Crippen LogP) is 4.20. The van der Waals surface area contributed by atoms with Gasteiger partial charge in [0, 0.05) is 29.6 Å². The molecule has 0 radical (unpaired) electrons. The molecule has 3 aromatic heterocycles. The number of nitrogens with zero attached hydrogens (tertiary/aromatic N) is 4. The summed E-state index contributed by atoms with van der Waals surface area (Å²) >= 11 is 1.31. The van der Waals surface area contributed by atoms with Crippen LogP contribution < -0.4 is 5.32 Å². The van der Waals surface area contributed by atoms with Crippen LogP contribution in [0.1, 0.15) is 53.5 Å². The molecule has 0 atom stereocenters. The molecule has 0 aliphatic heterocycles. The molecule has 1 aliphatic rings. The van der Waals surface area contributed by atoms with E-state index in [-0.39, 0.29) is 24.0 Å². The van der Waals surface area contributed by atoms with Crippen molar-refractivity contribution >= 4 is 28.6 Å². The summed E-state index contributed by atoms with van der Waals surface area (Å²) < 4.78 is 18.1. The highest BCUT2D eigenvalue weighted by atomic mass is 32.1. The number of nitrogens with one attached hydrogen (secondary N) is 2. The molecule has 1 amide bonds. The van der Waals surface area contributed by atoms with Gasteiger partial charge in [0.05, 0.1) is 0 Å². The SMILES string of the molecule is O=C(NCc1cc(F)cc(-c2cnsc2)c1)c1ncnc2nc(C3CCCC3)[nH]c12. The maximum absolute atomic E-state index is 14.1. The molecule has 1 aliphatic carbocycles. The number of aromatic amines is 1. The van der Waals surface area contributed by atoms with E-state index in [1.165, 1.54) is 42.8 Å². The van der Waals surface area contributed by atoms with Crippen LogP contribution in [-0.2, 0) is 6.54 Å².